The largest absolute Gasteiger partial charge is 0.310 e. The highest BCUT2D eigenvalue weighted by atomic mass is 15.1. The Kier molecular flexibility index (Phi) is 5.74. The van der Waals surface area contributed by atoms with Crippen molar-refractivity contribution in [1.82, 2.24) is 4.57 Å². The molecule has 0 bridgehead atoms. The predicted octanol–water partition coefficient (Wildman–Crippen LogP) is 10.6. The molecule has 3 nitrogen and oxygen atoms in total. The summed E-state index contributed by atoms with van der Waals surface area (Å²) in [5.74, 6) is 0.357. The summed E-state index contributed by atoms with van der Waals surface area (Å²) in [4.78, 5) is 2.33. The van der Waals surface area contributed by atoms with Crippen molar-refractivity contribution in [2.75, 3.05) is 4.90 Å². The van der Waals surface area contributed by atoms with Crippen LogP contribution in [0.15, 0.2) is 140 Å². The molecule has 2 unspecified atom stereocenters. The van der Waals surface area contributed by atoms with Crippen LogP contribution in [0.3, 0.4) is 0 Å². The second-order valence-electron chi connectivity index (χ2n) is 12.8. The number of fused-ring (bicyclic) bond motifs is 6. The normalized spacial score (nSPS) is 19.5. The van der Waals surface area contributed by atoms with Crippen LogP contribution in [0.4, 0.5) is 17.1 Å². The van der Waals surface area contributed by atoms with Gasteiger partial charge >= 0.3 is 0 Å². The number of nitrogens with zero attached hydrogens (tertiary/aromatic N) is 3. The molecule has 0 fully saturated rings. The molecule has 3 heteroatoms. The maximum Gasteiger partial charge on any atom is 0.0991 e. The lowest BCUT2D eigenvalue weighted by Crippen LogP contribution is -2.36. The molecule has 5 aromatic carbocycles. The van der Waals surface area contributed by atoms with Crippen LogP contribution in [0.25, 0.3) is 27.5 Å². The first-order chi connectivity index (χ1) is 21.4. The van der Waals surface area contributed by atoms with Crippen LogP contribution in [0, 0.1) is 16.7 Å². The highest BCUT2D eigenvalue weighted by molar-refractivity contribution is 6.10. The van der Waals surface area contributed by atoms with E-state index < -0.39 is 0 Å². The quantitative estimate of drug-likeness (QED) is 0.212. The number of nitriles is 1. The summed E-state index contributed by atoms with van der Waals surface area (Å²) in [6.45, 7) is 7.16. The Morgan fingerprint density at radius 1 is 0.682 bits per heavy atom. The number of hydrogen-bond acceptors (Lipinski definition) is 2. The second kappa shape index (κ2) is 9.59. The number of hydrogen-bond donors (Lipinski definition) is 0. The van der Waals surface area contributed by atoms with Crippen molar-refractivity contribution in [3.63, 3.8) is 0 Å². The van der Waals surface area contributed by atoms with Gasteiger partial charge in [-0.15, -0.1) is 0 Å². The average molecular weight is 568 g/mol. The van der Waals surface area contributed by atoms with Crippen molar-refractivity contribution in [2.45, 2.75) is 32.1 Å². The highest BCUT2D eigenvalue weighted by Gasteiger charge is 2.53. The van der Waals surface area contributed by atoms with Crippen LogP contribution in [0.2, 0.25) is 0 Å². The summed E-state index contributed by atoms with van der Waals surface area (Å²) in [5.41, 5.74) is 10.1. The Labute approximate surface area is 258 Å². The number of rotatable bonds is 4. The van der Waals surface area contributed by atoms with Gasteiger partial charge in [-0.05, 0) is 89.3 Å². The number of para-hydroxylation sites is 2. The van der Waals surface area contributed by atoms with Crippen molar-refractivity contribution in [3.05, 3.63) is 156 Å². The van der Waals surface area contributed by atoms with Gasteiger partial charge in [-0.25, -0.2) is 0 Å². The van der Waals surface area contributed by atoms with E-state index in [0.29, 0.717) is 11.5 Å². The molecule has 44 heavy (non-hydrogen) atoms. The van der Waals surface area contributed by atoms with E-state index in [4.69, 9.17) is 0 Å². The van der Waals surface area contributed by atoms with Gasteiger partial charge in [0.05, 0.1) is 22.7 Å². The molecule has 0 aliphatic heterocycles. The van der Waals surface area contributed by atoms with E-state index in [1.54, 1.807) is 0 Å². The SMILES string of the molecule is CC1(C)c2cc(N(c3ccc(C#N)cc3)c3ccc4c(c3)c3ccccc3n4-c3ccccc3)ccc2C2C=CC=CC21C. The highest BCUT2D eigenvalue weighted by Crippen LogP contribution is 2.61. The maximum absolute atomic E-state index is 9.53. The van der Waals surface area contributed by atoms with E-state index in [-0.39, 0.29) is 10.8 Å². The number of aromatic nitrogens is 1. The van der Waals surface area contributed by atoms with Gasteiger partial charge in [-0.1, -0.05) is 87.5 Å². The summed E-state index contributed by atoms with van der Waals surface area (Å²) in [6, 6.07) is 43.2. The number of allylic oxidation sites excluding steroid dienone is 4. The number of benzene rings is 5. The van der Waals surface area contributed by atoms with Gasteiger partial charge in [-0.2, -0.15) is 5.26 Å². The summed E-state index contributed by atoms with van der Waals surface area (Å²) < 4.78 is 2.35. The van der Waals surface area contributed by atoms with Gasteiger partial charge in [0, 0.05) is 44.9 Å². The predicted molar refractivity (Wildman–Crippen MR) is 182 cm³/mol. The first-order valence-electron chi connectivity index (χ1n) is 15.3. The molecular formula is C41H33N3. The minimum absolute atomic E-state index is 0.0140. The molecule has 0 spiro atoms. The Morgan fingerprint density at radius 2 is 1.36 bits per heavy atom. The van der Waals surface area contributed by atoms with E-state index >= 15 is 0 Å². The van der Waals surface area contributed by atoms with Crippen LogP contribution in [-0.2, 0) is 5.41 Å². The van der Waals surface area contributed by atoms with Crippen molar-refractivity contribution in [2.24, 2.45) is 5.41 Å². The molecule has 1 aromatic heterocycles. The van der Waals surface area contributed by atoms with E-state index in [1.165, 1.54) is 32.9 Å². The fraction of sp³-hybridized carbons (Fsp3) is 0.146. The molecule has 0 saturated heterocycles. The zero-order valence-corrected chi connectivity index (χ0v) is 25.2. The van der Waals surface area contributed by atoms with Gasteiger partial charge in [-0.3, -0.25) is 0 Å². The maximum atomic E-state index is 9.53. The van der Waals surface area contributed by atoms with Crippen LogP contribution >= 0.6 is 0 Å². The van der Waals surface area contributed by atoms with Gasteiger partial charge in [0.15, 0.2) is 0 Å². The minimum atomic E-state index is -0.0480. The summed E-state index contributed by atoms with van der Waals surface area (Å²) in [5, 5.41) is 12.0. The third-order valence-electron chi connectivity index (χ3n) is 10.3. The fourth-order valence-corrected chi connectivity index (χ4v) is 7.63. The third-order valence-corrected chi connectivity index (χ3v) is 10.3. The topological polar surface area (TPSA) is 32.0 Å². The van der Waals surface area contributed by atoms with Gasteiger partial charge in [0.1, 0.15) is 0 Å². The van der Waals surface area contributed by atoms with Gasteiger partial charge in [0.25, 0.3) is 0 Å². The summed E-state index contributed by atoms with van der Waals surface area (Å²) in [7, 11) is 0. The first kappa shape index (κ1) is 26.3. The molecule has 0 N–H and O–H groups in total. The molecular weight excluding hydrogens is 534 g/mol. The third kappa shape index (κ3) is 3.68. The minimum Gasteiger partial charge on any atom is -0.310 e. The van der Waals surface area contributed by atoms with Crippen molar-refractivity contribution in [3.8, 4) is 11.8 Å². The molecule has 8 rings (SSSR count). The van der Waals surface area contributed by atoms with Crippen LogP contribution in [-0.4, -0.2) is 4.57 Å². The molecule has 2 aliphatic carbocycles. The van der Waals surface area contributed by atoms with E-state index in [1.807, 2.05) is 12.1 Å². The van der Waals surface area contributed by atoms with Gasteiger partial charge in [0.2, 0.25) is 0 Å². The lowest BCUT2D eigenvalue weighted by Gasteiger charge is -2.41. The van der Waals surface area contributed by atoms with Crippen LogP contribution in [0.5, 0.6) is 0 Å². The Balaban J connectivity index is 1.35. The van der Waals surface area contributed by atoms with Gasteiger partial charge < -0.3 is 9.47 Å². The van der Waals surface area contributed by atoms with E-state index in [9.17, 15) is 5.26 Å². The summed E-state index contributed by atoms with van der Waals surface area (Å²) >= 11 is 0. The van der Waals surface area contributed by atoms with E-state index in [0.717, 1.165) is 22.7 Å². The molecule has 0 amide bonds. The zero-order valence-electron chi connectivity index (χ0n) is 25.2. The lowest BCUT2D eigenvalue weighted by atomic mass is 9.62. The molecule has 0 radical (unpaired) electrons. The van der Waals surface area contributed by atoms with E-state index in [2.05, 4.69) is 164 Å². The molecule has 1 heterocycles. The number of anilines is 3. The molecule has 2 aliphatic rings. The lowest BCUT2D eigenvalue weighted by molar-refractivity contribution is 0.245. The fourth-order valence-electron chi connectivity index (χ4n) is 7.63. The Bertz CT molecular complexity index is 2170. The second-order valence-corrected chi connectivity index (χ2v) is 12.8. The van der Waals surface area contributed by atoms with Crippen LogP contribution in [0.1, 0.15) is 43.4 Å². The van der Waals surface area contributed by atoms with Crippen molar-refractivity contribution in [1.29, 1.82) is 5.26 Å². The standard InChI is InChI=1S/C41H33N3/c1-40(2)37-26-32(20-22-34(37)36-14-9-10-24-41(36,40)3)43(30-18-16-28(27-42)17-19-30)31-21-23-39-35(25-31)33-13-7-8-15-38(33)44(39)29-11-5-4-6-12-29/h4-26,36H,1-3H3. The van der Waals surface area contributed by atoms with Crippen molar-refractivity contribution >= 4 is 38.9 Å². The first-order valence-corrected chi connectivity index (χ1v) is 15.3. The molecule has 212 valence electrons. The molecule has 6 aromatic rings. The summed E-state index contributed by atoms with van der Waals surface area (Å²) in [6.07, 6.45) is 9.15. The zero-order chi connectivity index (χ0) is 30.1. The Morgan fingerprint density at radius 3 is 2.16 bits per heavy atom. The molecule has 2 atom stereocenters. The van der Waals surface area contributed by atoms with Crippen LogP contribution < -0.4 is 4.90 Å². The molecule has 0 saturated carbocycles. The smallest absolute Gasteiger partial charge is 0.0991 e. The Hall–Kier alpha value is -5.33. The monoisotopic (exact) mass is 567 g/mol. The van der Waals surface area contributed by atoms with Crippen molar-refractivity contribution < 1.29 is 0 Å². The average Bonchev–Trinajstić information content (AvgIpc) is 3.48.